The summed E-state index contributed by atoms with van der Waals surface area (Å²) >= 11 is 0.989. The number of pyridine rings is 1. The van der Waals surface area contributed by atoms with Crippen LogP contribution in [0.5, 0.6) is 11.6 Å². The van der Waals surface area contributed by atoms with Crippen LogP contribution in [0, 0.1) is 0 Å². The molecule has 0 spiro atoms. The second kappa shape index (κ2) is 7.98. The van der Waals surface area contributed by atoms with Crippen LogP contribution >= 0.6 is 11.3 Å². The van der Waals surface area contributed by atoms with E-state index in [9.17, 15) is 9.90 Å². The van der Waals surface area contributed by atoms with Crippen LogP contribution in [0.4, 0.5) is 0 Å². The first-order valence-electron chi connectivity index (χ1n) is 8.19. The van der Waals surface area contributed by atoms with E-state index in [0.29, 0.717) is 13.2 Å². The number of nitrogens with zero attached hydrogens (tertiary/aromatic N) is 2. The maximum Gasteiger partial charge on any atom is 0.310 e. The highest BCUT2D eigenvalue weighted by Gasteiger charge is 2.07. The first-order chi connectivity index (χ1) is 12.2. The Balaban J connectivity index is 1.63. The van der Waals surface area contributed by atoms with Crippen molar-refractivity contribution in [1.29, 1.82) is 0 Å². The smallest absolute Gasteiger partial charge is 0.310 e. The number of aryl methyl sites for hydroxylation is 1. The van der Waals surface area contributed by atoms with E-state index < -0.39 is 0 Å². The molecule has 0 saturated heterocycles. The van der Waals surface area contributed by atoms with Crippen LogP contribution in [0.25, 0.3) is 0 Å². The number of hydrogen-bond donors (Lipinski definition) is 1. The largest absolute Gasteiger partial charge is 0.494 e. The summed E-state index contributed by atoms with van der Waals surface area (Å²) in [4.78, 5) is 15.9. The zero-order valence-corrected chi connectivity index (χ0v) is 14.8. The maximum atomic E-state index is 11.7. The molecule has 0 unspecified atom stereocenters. The lowest BCUT2D eigenvalue weighted by Gasteiger charge is -2.10. The van der Waals surface area contributed by atoms with E-state index >= 15 is 0 Å². The number of aromatic nitrogens is 2. The van der Waals surface area contributed by atoms with Crippen LogP contribution in [0.15, 0.2) is 52.8 Å². The van der Waals surface area contributed by atoms with Crippen molar-refractivity contribution in [3.63, 3.8) is 0 Å². The number of thiazole rings is 1. The third-order valence-corrected chi connectivity index (χ3v) is 4.72. The van der Waals surface area contributed by atoms with Crippen molar-refractivity contribution in [2.45, 2.75) is 26.3 Å². The molecule has 0 saturated carbocycles. The number of aromatic hydroxyl groups is 1. The molecule has 0 amide bonds. The van der Waals surface area contributed by atoms with Gasteiger partial charge in [-0.05, 0) is 35.7 Å². The third kappa shape index (κ3) is 4.28. The van der Waals surface area contributed by atoms with Crippen LogP contribution in [-0.2, 0) is 19.4 Å². The van der Waals surface area contributed by atoms with Gasteiger partial charge in [-0.25, -0.2) is 0 Å². The van der Waals surface area contributed by atoms with Crippen LogP contribution in [0.1, 0.15) is 23.7 Å². The average Bonchev–Trinajstić information content (AvgIpc) is 2.94. The minimum atomic E-state index is -0.175. The molecular formula is C19H20N2O3S. The molecule has 0 aliphatic heterocycles. The Bertz CT molecular complexity index is 901. The Morgan fingerprint density at radius 2 is 2.16 bits per heavy atom. The molecule has 0 atom stereocenters. The van der Waals surface area contributed by atoms with Crippen LogP contribution in [-0.4, -0.2) is 21.3 Å². The van der Waals surface area contributed by atoms with Crippen LogP contribution in [0.2, 0.25) is 0 Å². The lowest BCUT2D eigenvalue weighted by Crippen LogP contribution is -2.13. The van der Waals surface area contributed by atoms with Gasteiger partial charge < -0.3 is 9.84 Å². The second-order valence-corrected chi connectivity index (χ2v) is 6.48. The molecule has 6 heteroatoms. The molecule has 2 aromatic heterocycles. The first-order valence-corrected chi connectivity index (χ1v) is 9.07. The Morgan fingerprint density at radius 3 is 2.92 bits per heavy atom. The van der Waals surface area contributed by atoms with Gasteiger partial charge in [-0.15, -0.1) is 0 Å². The van der Waals surface area contributed by atoms with Gasteiger partial charge in [-0.1, -0.05) is 36.5 Å². The van der Waals surface area contributed by atoms with Crippen LogP contribution in [0.3, 0.4) is 0 Å². The molecule has 0 aliphatic carbocycles. The fraction of sp³-hybridized carbons (Fsp3) is 0.263. The summed E-state index contributed by atoms with van der Waals surface area (Å²) in [5, 5.41) is 11.2. The predicted octanol–water partition coefficient (Wildman–Crippen LogP) is 3.24. The molecule has 0 bridgehead atoms. The summed E-state index contributed by atoms with van der Waals surface area (Å²) in [6.07, 6.45) is 3.51. The third-order valence-electron chi connectivity index (χ3n) is 3.97. The zero-order chi connectivity index (χ0) is 17.6. The molecule has 0 aliphatic rings. The van der Waals surface area contributed by atoms with Gasteiger partial charge in [-0.2, -0.15) is 0 Å². The minimum absolute atomic E-state index is 0.0106. The maximum absolute atomic E-state index is 11.7. The highest BCUT2D eigenvalue weighted by molar-refractivity contribution is 7.07. The number of ether oxygens (including phenoxy) is 1. The van der Waals surface area contributed by atoms with E-state index in [1.54, 1.807) is 6.20 Å². The summed E-state index contributed by atoms with van der Waals surface area (Å²) in [5.74, 6) is 0.734. The summed E-state index contributed by atoms with van der Waals surface area (Å²) in [5.41, 5.74) is 3.21. The van der Waals surface area contributed by atoms with Crippen molar-refractivity contribution in [3.05, 3.63) is 74.5 Å². The van der Waals surface area contributed by atoms with Gasteiger partial charge in [-0.3, -0.25) is 14.3 Å². The molecule has 130 valence electrons. The van der Waals surface area contributed by atoms with E-state index in [4.69, 9.17) is 4.74 Å². The van der Waals surface area contributed by atoms with Crippen molar-refractivity contribution in [2.75, 3.05) is 6.61 Å². The molecule has 3 aromatic rings. The average molecular weight is 356 g/mol. The molecule has 2 heterocycles. The second-order valence-electron chi connectivity index (χ2n) is 5.65. The summed E-state index contributed by atoms with van der Waals surface area (Å²) in [6, 6.07) is 11.6. The van der Waals surface area contributed by atoms with Crippen molar-refractivity contribution < 1.29 is 9.84 Å². The minimum Gasteiger partial charge on any atom is -0.494 e. The highest BCUT2D eigenvalue weighted by atomic mass is 32.1. The molecule has 0 radical (unpaired) electrons. The van der Waals surface area contributed by atoms with Gasteiger partial charge in [0.05, 0.1) is 18.5 Å². The highest BCUT2D eigenvalue weighted by Crippen LogP contribution is 2.17. The normalized spacial score (nSPS) is 10.8. The molecule has 25 heavy (non-hydrogen) atoms. The van der Waals surface area contributed by atoms with Crippen molar-refractivity contribution in [3.8, 4) is 11.6 Å². The summed E-state index contributed by atoms with van der Waals surface area (Å²) < 4.78 is 7.18. The number of rotatable bonds is 7. The molecule has 0 fully saturated rings. The monoisotopic (exact) mass is 356 g/mol. The van der Waals surface area contributed by atoms with Gasteiger partial charge in [0.2, 0.25) is 5.88 Å². The Kier molecular flexibility index (Phi) is 5.50. The molecular weight excluding hydrogens is 336 g/mol. The lowest BCUT2D eigenvalue weighted by atomic mass is 10.1. The predicted molar refractivity (Wildman–Crippen MR) is 98.6 cm³/mol. The summed E-state index contributed by atoms with van der Waals surface area (Å²) in [6.45, 7) is 2.98. The van der Waals surface area contributed by atoms with Crippen molar-refractivity contribution in [1.82, 2.24) is 9.55 Å². The molecule has 1 N–H and O–H groups in total. The quantitative estimate of drug-likeness (QED) is 0.706. The van der Waals surface area contributed by atoms with Crippen LogP contribution < -0.4 is 9.61 Å². The molecule has 5 nitrogen and oxygen atoms in total. The number of hydrogen-bond acceptors (Lipinski definition) is 5. The number of benzene rings is 1. The SMILES string of the molecule is CCc1cccnc1CCOc1cccc(Cn2c(O)csc2=O)c1. The van der Waals surface area contributed by atoms with E-state index in [2.05, 4.69) is 18.0 Å². The Labute approximate surface area is 150 Å². The van der Waals surface area contributed by atoms with Gasteiger partial charge in [0.15, 0.2) is 0 Å². The van der Waals surface area contributed by atoms with E-state index in [1.165, 1.54) is 15.5 Å². The van der Waals surface area contributed by atoms with Crippen molar-refractivity contribution >= 4 is 11.3 Å². The van der Waals surface area contributed by atoms with Gasteiger partial charge in [0, 0.05) is 18.3 Å². The van der Waals surface area contributed by atoms with Gasteiger partial charge in [0.25, 0.3) is 0 Å². The van der Waals surface area contributed by atoms with Crippen molar-refractivity contribution in [2.24, 2.45) is 0 Å². The fourth-order valence-corrected chi connectivity index (χ4v) is 3.29. The van der Waals surface area contributed by atoms with Gasteiger partial charge in [0.1, 0.15) is 5.75 Å². The van der Waals surface area contributed by atoms with E-state index in [0.717, 1.165) is 41.2 Å². The topological polar surface area (TPSA) is 64.3 Å². The molecule has 1 aromatic carbocycles. The molecule has 3 rings (SSSR count). The fourth-order valence-electron chi connectivity index (χ4n) is 2.67. The lowest BCUT2D eigenvalue weighted by molar-refractivity contribution is 0.319. The Hall–Kier alpha value is -2.60. The zero-order valence-electron chi connectivity index (χ0n) is 14.0. The first kappa shape index (κ1) is 17.2. The van der Waals surface area contributed by atoms with E-state index in [-0.39, 0.29) is 10.8 Å². The Morgan fingerprint density at radius 1 is 1.28 bits per heavy atom. The van der Waals surface area contributed by atoms with Gasteiger partial charge >= 0.3 is 4.87 Å². The summed E-state index contributed by atoms with van der Waals surface area (Å²) in [7, 11) is 0. The van der Waals surface area contributed by atoms with E-state index in [1.807, 2.05) is 30.3 Å². The standard InChI is InChI=1S/C19H20N2O3S/c1-2-15-6-4-9-20-17(15)8-10-24-16-7-3-5-14(11-16)12-21-18(22)13-25-19(21)23/h3-7,9,11,13,22H,2,8,10,12H2,1H3.